The van der Waals surface area contributed by atoms with Gasteiger partial charge >= 0.3 is 0 Å². The van der Waals surface area contributed by atoms with E-state index in [1.54, 1.807) is 36.4 Å². The zero-order chi connectivity index (χ0) is 26.3. The first-order valence-corrected chi connectivity index (χ1v) is 13.2. The van der Waals surface area contributed by atoms with Crippen LogP contribution in [0.2, 0.25) is 0 Å². The van der Waals surface area contributed by atoms with Crippen molar-refractivity contribution in [3.8, 4) is 11.5 Å². The SMILES string of the molecule is COc1ccc(/C=C2\SC(=O)N(CCNC(=O)CCNS(=O)(=O)c3ccc(C)cc3)C2=O)cc1OC. The summed E-state index contributed by atoms with van der Waals surface area (Å²) in [5.74, 6) is 0.171. The molecule has 0 saturated carbocycles. The first kappa shape index (κ1) is 27.2. The summed E-state index contributed by atoms with van der Waals surface area (Å²) in [6, 6.07) is 11.5. The lowest BCUT2D eigenvalue weighted by molar-refractivity contribution is -0.124. The minimum atomic E-state index is -3.71. The molecule has 12 heteroatoms. The predicted octanol–water partition coefficient (Wildman–Crippen LogP) is 2.53. The normalized spacial score (nSPS) is 14.9. The fraction of sp³-hybridized carbons (Fsp3) is 0.292. The van der Waals surface area contributed by atoms with Crippen molar-refractivity contribution >= 4 is 44.9 Å². The summed E-state index contributed by atoms with van der Waals surface area (Å²) in [5.41, 5.74) is 1.60. The predicted molar refractivity (Wildman–Crippen MR) is 136 cm³/mol. The van der Waals surface area contributed by atoms with Gasteiger partial charge in [-0.3, -0.25) is 19.3 Å². The number of thioether (sulfide) groups is 1. The Kier molecular flexibility index (Phi) is 9.13. The summed E-state index contributed by atoms with van der Waals surface area (Å²) in [7, 11) is -0.691. The maximum absolute atomic E-state index is 12.7. The van der Waals surface area contributed by atoms with Crippen LogP contribution in [0.25, 0.3) is 6.08 Å². The quantitative estimate of drug-likeness (QED) is 0.422. The summed E-state index contributed by atoms with van der Waals surface area (Å²) in [6.07, 6.45) is 1.50. The number of carbonyl (C=O) groups excluding carboxylic acids is 3. The van der Waals surface area contributed by atoms with Gasteiger partial charge in [0.05, 0.1) is 24.0 Å². The number of aryl methyl sites for hydroxylation is 1. The molecule has 0 radical (unpaired) electrons. The molecular weight excluding hydrogens is 506 g/mol. The van der Waals surface area contributed by atoms with Crippen LogP contribution < -0.4 is 19.5 Å². The number of benzene rings is 2. The summed E-state index contributed by atoms with van der Waals surface area (Å²) in [6.45, 7) is 1.81. The monoisotopic (exact) mass is 533 g/mol. The lowest BCUT2D eigenvalue weighted by atomic mass is 10.2. The van der Waals surface area contributed by atoms with Gasteiger partial charge in [-0.1, -0.05) is 23.8 Å². The van der Waals surface area contributed by atoms with E-state index in [2.05, 4.69) is 10.0 Å². The Balaban J connectivity index is 1.47. The number of sulfonamides is 1. The number of nitrogens with zero attached hydrogens (tertiary/aromatic N) is 1. The van der Waals surface area contributed by atoms with Gasteiger partial charge in [0, 0.05) is 26.1 Å². The van der Waals surface area contributed by atoms with Crippen LogP contribution in [0.15, 0.2) is 52.3 Å². The third-order valence-corrected chi connectivity index (χ3v) is 7.60. The molecule has 1 aliphatic heterocycles. The molecule has 0 unspecified atom stereocenters. The van der Waals surface area contributed by atoms with Crippen LogP contribution in [-0.4, -0.2) is 64.2 Å². The minimum Gasteiger partial charge on any atom is -0.493 e. The second-order valence-corrected chi connectivity index (χ2v) is 10.5. The van der Waals surface area contributed by atoms with Crippen molar-refractivity contribution in [1.29, 1.82) is 0 Å². The van der Waals surface area contributed by atoms with Crippen molar-refractivity contribution in [2.24, 2.45) is 0 Å². The molecule has 0 aromatic heterocycles. The number of imide groups is 1. The maximum Gasteiger partial charge on any atom is 0.293 e. The van der Waals surface area contributed by atoms with Crippen molar-refractivity contribution in [3.63, 3.8) is 0 Å². The Morgan fingerprint density at radius 2 is 1.72 bits per heavy atom. The van der Waals surface area contributed by atoms with Gasteiger partial charge in [-0.05, 0) is 54.6 Å². The van der Waals surface area contributed by atoms with E-state index in [9.17, 15) is 22.8 Å². The van der Waals surface area contributed by atoms with Gasteiger partial charge in [-0.15, -0.1) is 0 Å². The zero-order valence-electron chi connectivity index (χ0n) is 20.1. The fourth-order valence-corrected chi connectivity index (χ4v) is 5.18. The van der Waals surface area contributed by atoms with Crippen LogP contribution in [0, 0.1) is 6.92 Å². The number of ether oxygens (including phenoxy) is 2. The van der Waals surface area contributed by atoms with E-state index >= 15 is 0 Å². The molecule has 192 valence electrons. The topological polar surface area (TPSA) is 131 Å². The Morgan fingerprint density at radius 1 is 1.03 bits per heavy atom. The molecule has 1 heterocycles. The molecule has 10 nitrogen and oxygen atoms in total. The Labute approximate surface area is 214 Å². The van der Waals surface area contributed by atoms with Crippen molar-refractivity contribution in [3.05, 3.63) is 58.5 Å². The van der Waals surface area contributed by atoms with E-state index in [4.69, 9.17) is 9.47 Å². The molecule has 2 N–H and O–H groups in total. The van der Waals surface area contributed by atoms with Gasteiger partial charge in [0.25, 0.3) is 11.1 Å². The number of hydrogen-bond acceptors (Lipinski definition) is 8. The van der Waals surface area contributed by atoms with E-state index in [-0.39, 0.29) is 35.9 Å². The highest BCUT2D eigenvalue weighted by Gasteiger charge is 2.34. The van der Waals surface area contributed by atoms with E-state index in [1.807, 2.05) is 6.92 Å². The Bertz CT molecular complexity index is 1280. The molecule has 0 bridgehead atoms. The molecule has 36 heavy (non-hydrogen) atoms. The van der Waals surface area contributed by atoms with Crippen molar-refractivity contribution < 1.29 is 32.3 Å². The van der Waals surface area contributed by atoms with Crippen LogP contribution in [0.1, 0.15) is 17.5 Å². The molecule has 1 saturated heterocycles. The van der Waals surface area contributed by atoms with Crippen LogP contribution in [0.3, 0.4) is 0 Å². The standard InChI is InChI=1S/C24H27N3O7S2/c1-16-4-7-18(8-5-16)36(31,32)26-11-10-22(28)25-12-13-27-23(29)21(35-24(27)30)15-17-6-9-19(33-2)20(14-17)34-3/h4-9,14-15,26H,10-13H2,1-3H3,(H,25,28)/b21-15-. The van der Waals surface area contributed by atoms with E-state index in [0.29, 0.717) is 17.1 Å². The van der Waals surface area contributed by atoms with Crippen LogP contribution >= 0.6 is 11.8 Å². The average molecular weight is 534 g/mol. The van der Waals surface area contributed by atoms with Crippen LogP contribution in [0.4, 0.5) is 4.79 Å². The fourth-order valence-electron chi connectivity index (χ4n) is 3.28. The number of hydrogen-bond donors (Lipinski definition) is 2. The number of rotatable bonds is 11. The Hall–Kier alpha value is -3.35. The second kappa shape index (κ2) is 12.1. The molecule has 1 aliphatic rings. The zero-order valence-corrected chi connectivity index (χ0v) is 21.7. The largest absolute Gasteiger partial charge is 0.493 e. The van der Waals surface area contributed by atoms with E-state index in [0.717, 1.165) is 22.2 Å². The molecular formula is C24H27N3O7S2. The third kappa shape index (κ3) is 6.86. The van der Waals surface area contributed by atoms with Crippen LogP contribution in [0.5, 0.6) is 11.5 Å². The van der Waals surface area contributed by atoms with Gasteiger partial charge in [0.1, 0.15) is 0 Å². The number of nitrogens with one attached hydrogen (secondary N) is 2. The highest BCUT2D eigenvalue weighted by molar-refractivity contribution is 8.18. The third-order valence-electron chi connectivity index (χ3n) is 5.21. The number of carbonyl (C=O) groups is 3. The smallest absolute Gasteiger partial charge is 0.293 e. The number of amides is 3. The molecule has 0 aliphatic carbocycles. The van der Waals surface area contributed by atoms with E-state index in [1.165, 1.54) is 26.4 Å². The molecule has 3 amide bonds. The van der Waals surface area contributed by atoms with Crippen molar-refractivity contribution in [2.45, 2.75) is 18.2 Å². The molecule has 0 spiro atoms. The van der Waals surface area contributed by atoms with Gasteiger partial charge < -0.3 is 14.8 Å². The first-order valence-electron chi connectivity index (χ1n) is 10.9. The summed E-state index contributed by atoms with van der Waals surface area (Å²) < 4.78 is 37.4. The maximum atomic E-state index is 12.7. The number of methoxy groups -OCH3 is 2. The summed E-state index contributed by atoms with van der Waals surface area (Å²) in [5, 5.41) is 2.16. The minimum absolute atomic E-state index is 0.00518. The lowest BCUT2D eigenvalue weighted by Gasteiger charge is -2.13. The average Bonchev–Trinajstić information content (AvgIpc) is 3.11. The first-order chi connectivity index (χ1) is 17.1. The van der Waals surface area contributed by atoms with Gasteiger partial charge in [0.15, 0.2) is 11.5 Å². The summed E-state index contributed by atoms with van der Waals surface area (Å²) >= 11 is 0.811. The molecule has 2 aromatic carbocycles. The Morgan fingerprint density at radius 3 is 2.39 bits per heavy atom. The van der Waals surface area contributed by atoms with Crippen LogP contribution in [-0.2, 0) is 19.6 Å². The highest BCUT2D eigenvalue weighted by Crippen LogP contribution is 2.34. The molecule has 3 rings (SSSR count). The molecule has 2 aromatic rings. The summed E-state index contributed by atoms with van der Waals surface area (Å²) in [4.78, 5) is 38.5. The second-order valence-electron chi connectivity index (χ2n) is 7.76. The lowest BCUT2D eigenvalue weighted by Crippen LogP contribution is -2.38. The van der Waals surface area contributed by atoms with Gasteiger partial charge in [-0.25, -0.2) is 13.1 Å². The highest BCUT2D eigenvalue weighted by atomic mass is 32.2. The van der Waals surface area contributed by atoms with Gasteiger partial charge in [0.2, 0.25) is 15.9 Å². The molecule has 0 atom stereocenters. The van der Waals surface area contributed by atoms with Crippen molar-refractivity contribution in [2.75, 3.05) is 33.9 Å². The van der Waals surface area contributed by atoms with Crippen molar-refractivity contribution in [1.82, 2.24) is 14.9 Å². The molecule has 1 fully saturated rings. The van der Waals surface area contributed by atoms with E-state index < -0.39 is 27.1 Å². The van der Waals surface area contributed by atoms with Gasteiger partial charge in [-0.2, -0.15) is 0 Å².